The summed E-state index contributed by atoms with van der Waals surface area (Å²) < 4.78 is 0. The minimum Gasteiger partial charge on any atom is -0.396 e. The fourth-order valence-corrected chi connectivity index (χ4v) is 2.97. The van der Waals surface area contributed by atoms with E-state index in [-0.39, 0.29) is 22.8 Å². The maximum Gasteiger partial charge on any atom is 0.236 e. The van der Waals surface area contributed by atoms with Crippen molar-refractivity contribution in [1.82, 2.24) is 4.90 Å². The van der Waals surface area contributed by atoms with Gasteiger partial charge in [-0.05, 0) is 37.5 Å². The van der Waals surface area contributed by atoms with Gasteiger partial charge in [0.25, 0.3) is 0 Å². The van der Waals surface area contributed by atoms with E-state index in [0.717, 1.165) is 32.4 Å². The maximum absolute atomic E-state index is 11.9. The van der Waals surface area contributed by atoms with Gasteiger partial charge >= 0.3 is 0 Å². The number of amides is 1. The number of hydrogen-bond donors (Lipinski definition) is 1. The van der Waals surface area contributed by atoms with Gasteiger partial charge in [-0.15, -0.1) is 0 Å². The summed E-state index contributed by atoms with van der Waals surface area (Å²) in [6, 6.07) is 0. The summed E-state index contributed by atoms with van der Waals surface area (Å²) in [6.07, 6.45) is 5.25. The summed E-state index contributed by atoms with van der Waals surface area (Å²) >= 11 is 3.42. The summed E-state index contributed by atoms with van der Waals surface area (Å²) in [5, 5.41) is 8.98. The lowest BCUT2D eigenvalue weighted by molar-refractivity contribution is -0.133. The second-order valence-corrected chi connectivity index (χ2v) is 5.95. The van der Waals surface area contributed by atoms with E-state index in [4.69, 9.17) is 5.11 Å². The van der Waals surface area contributed by atoms with E-state index in [1.165, 1.54) is 12.8 Å². The van der Waals surface area contributed by atoms with Gasteiger partial charge in [-0.2, -0.15) is 0 Å². The second kappa shape index (κ2) is 4.42. The molecule has 0 spiro atoms. The molecule has 0 aromatic rings. The fourth-order valence-electron chi connectivity index (χ4n) is 2.36. The number of alkyl halides is 1. The number of likely N-dealkylation sites (tertiary alicyclic amines) is 1. The van der Waals surface area contributed by atoms with Crippen molar-refractivity contribution in [2.24, 2.45) is 5.41 Å². The molecule has 2 rings (SSSR count). The molecule has 2 aliphatic rings. The van der Waals surface area contributed by atoms with Crippen LogP contribution in [0.1, 0.15) is 32.1 Å². The zero-order valence-electron chi connectivity index (χ0n) is 8.91. The standard InChI is InChI=1S/C11H18BrNO2/c12-9-2-1-6-13(10(9)15)8-11(3-4-11)5-7-14/h9,14H,1-8H2. The summed E-state index contributed by atoms with van der Waals surface area (Å²) in [5.74, 6) is 0.241. The molecule has 4 heteroatoms. The molecule has 0 aromatic heterocycles. The van der Waals surface area contributed by atoms with Gasteiger partial charge in [-0.3, -0.25) is 4.79 Å². The summed E-state index contributed by atoms with van der Waals surface area (Å²) in [5.41, 5.74) is 0.258. The number of carbonyl (C=O) groups is 1. The van der Waals surface area contributed by atoms with Crippen LogP contribution in [-0.2, 0) is 4.79 Å². The number of nitrogens with zero attached hydrogens (tertiary/aromatic N) is 1. The van der Waals surface area contributed by atoms with Crippen molar-refractivity contribution >= 4 is 21.8 Å². The Hall–Kier alpha value is -0.0900. The highest BCUT2D eigenvalue weighted by atomic mass is 79.9. The van der Waals surface area contributed by atoms with Crippen LogP contribution in [0.4, 0.5) is 0 Å². The van der Waals surface area contributed by atoms with E-state index >= 15 is 0 Å². The van der Waals surface area contributed by atoms with Gasteiger partial charge in [0.05, 0.1) is 4.83 Å². The van der Waals surface area contributed by atoms with Gasteiger partial charge in [0, 0.05) is 19.7 Å². The van der Waals surface area contributed by atoms with E-state index < -0.39 is 0 Å². The van der Waals surface area contributed by atoms with Gasteiger partial charge in [-0.25, -0.2) is 0 Å². The van der Waals surface area contributed by atoms with Gasteiger partial charge in [0.2, 0.25) is 5.91 Å². The first-order valence-electron chi connectivity index (χ1n) is 5.71. The van der Waals surface area contributed by atoms with Crippen molar-refractivity contribution in [3.63, 3.8) is 0 Å². The third-order valence-corrected chi connectivity index (χ3v) is 4.44. The maximum atomic E-state index is 11.9. The van der Waals surface area contributed by atoms with Crippen LogP contribution < -0.4 is 0 Å². The summed E-state index contributed by atoms with van der Waals surface area (Å²) in [4.78, 5) is 13.9. The van der Waals surface area contributed by atoms with Crippen LogP contribution in [0.25, 0.3) is 0 Å². The number of piperidine rings is 1. The van der Waals surface area contributed by atoms with Crippen LogP contribution in [0.5, 0.6) is 0 Å². The molecule has 1 amide bonds. The Labute approximate surface area is 99.0 Å². The van der Waals surface area contributed by atoms with Gasteiger partial charge in [0.15, 0.2) is 0 Å². The Kier molecular flexibility index (Phi) is 3.36. The monoisotopic (exact) mass is 275 g/mol. The van der Waals surface area contributed by atoms with E-state index in [1.54, 1.807) is 0 Å². The topological polar surface area (TPSA) is 40.5 Å². The quantitative estimate of drug-likeness (QED) is 0.791. The minimum atomic E-state index is 0.0242. The predicted molar refractivity (Wildman–Crippen MR) is 61.9 cm³/mol. The molecule has 86 valence electrons. The molecule has 1 N–H and O–H groups in total. The first-order valence-corrected chi connectivity index (χ1v) is 6.62. The van der Waals surface area contributed by atoms with Crippen LogP contribution in [0.2, 0.25) is 0 Å². The lowest BCUT2D eigenvalue weighted by Gasteiger charge is -2.32. The highest BCUT2D eigenvalue weighted by Gasteiger charge is 2.44. The van der Waals surface area contributed by atoms with Gasteiger partial charge in [0.1, 0.15) is 0 Å². The molecule has 1 aliphatic heterocycles. The molecule has 0 aromatic carbocycles. The molecular weight excluding hydrogens is 258 g/mol. The molecule has 0 radical (unpaired) electrons. The predicted octanol–water partition coefficient (Wildman–Crippen LogP) is 1.53. The average Bonchev–Trinajstić information content (AvgIpc) is 2.94. The Balaban J connectivity index is 1.91. The highest BCUT2D eigenvalue weighted by Crippen LogP contribution is 2.49. The molecule has 15 heavy (non-hydrogen) atoms. The van der Waals surface area contributed by atoms with E-state index in [9.17, 15) is 4.79 Å². The van der Waals surface area contributed by atoms with Gasteiger partial charge in [-0.1, -0.05) is 15.9 Å². The molecule has 1 heterocycles. The van der Waals surface area contributed by atoms with Crippen molar-refractivity contribution in [2.75, 3.05) is 19.7 Å². The third-order valence-electron chi connectivity index (χ3n) is 3.59. The minimum absolute atomic E-state index is 0.0242. The number of hydrogen-bond acceptors (Lipinski definition) is 2. The van der Waals surface area contributed by atoms with Crippen LogP contribution in [0.3, 0.4) is 0 Å². The second-order valence-electron chi connectivity index (χ2n) is 4.84. The Morgan fingerprint density at radius 2 is 2.27 bits per heavy atom. The van der Waals surface area contributed by atoms with E-state index in [1.807, 2.05) is 4.90 Å². The first kappa shape index (κ1) is 11.4. The Morgan fingerprint density at radius 3 is 2.87 bits per heavy atom. The number of carbonyl (C=O) groups excluding carboxylic acids is 1. The molecule has 1 aliphatic carbocycles. The lowest BCUT2D eigenvalue weighted by Crippen LogP contribution is -2.44. The Morgan fingerprint density at radius 1 is 1.53 bits per heavy atom. The molecule has 0 bridgehead atoms. The van der Waals surface area contributed by atoms with Crippen LogP contribution >= 0.6 is 15.9 Å². The average molecular weight is 276 g/mol. The molecule has 1 atom stereocenters. The molecule has 3 nitrogen and oxygen atoms in total. The molecule has 1 saturated heterocycles. The SMILES string of the molecule is O=C1C(Br)CCCN1CC1(CCO)CC1. The van der Waals surface area contributed by atoms with Crippen molar-refractivity contribution in [1.29, 1.82) is 0 Å². The number of aliphatic hydroxyl groups excluding tert-OH is 1. The largest absolute Gasteiger partial charge is 0.396 e. The van der Waals surface area contributed by atoms with Crippen LogP contribution in [-0.4, -0.2) is 40.4 Å². The fraction of sp³-hybridized carbons (Fsp3) is 0.909. The number of halogens is 1. The van der Waals surface area contributed by atoms with Crippen molar-refractivity contribution < 1.29 is 9.90 Å². The van der Waals surface area contributed by atoms with Crippen molar-refractivity contribution in [3.8, 4) is 0 Å². The van der Waals surface area contributed by atoms with Crippen LogP contribution in [0.15, 0.2) is 0 Å². The zero-order valence-corrected chi connectivity index (χ0v) is 10.5. The first-order chi connectivity index (χ1) is 7.17. The summed E-state index contributed by atoms with van der Waals surface area (Å²) in [7, 11) is 0. The zero-order chi connectivity index (χ0) is 10.9. The molecular formula is C11H18BrNO2. The molecule has 1 saturated carbocycles. The van der Waals surface area contributed by atoms with E-state index in [0.29, 0.717) is 0 Å². The van der Waals surface area contributed by atoms with Crippen molar-refractivity contribution in [2.45, 2.75) is 36.9 Å². The van der Waals surface area contributed by atoms with Gasteiger partial charge < -0.3 is 10.0 Å². The Bertz CT molecular complexity index is 253. The van der Waals surface area contributed by atoms with Crippen molar-refractivity contribution in [3.05, 3.63) is 0 Å². The van der Waals surface area contributed by atoms with E-state index in [2.05, 4.69) is 15.9 Å². The lowest BCUT2D eigenvalue weighted by atomic mass is 10.0. The smallest absolute Gasteiger partial charge is 0.236 e. The molecule has 2 fully saturated rings. The van der Waals surface area contributed by atoms with Crippen LogP contribution in [0, 0.1) is 5.41 Å². The normalized spacial score (nSPS) is 29.3. The molecule has 1 unspecified atom stereocenters. The summed E-state index contributed by atoms with van der Waals surface area (Å²) in [6.45, 7) is 2.00. The highest BCUT2D eigenvalue weighted by molar-refractivity contribution is 9.10. The number of aliphatic hydroxyl groups is 1. The third kappa shape index (κ3) is 2.53. The number of rotatable bonds is 4.